The number of piperidine rings is 1. The topological polar surface area (TPSA) is 75.3 Å². The maximum Gasteiger partial charge on any atom is 0.410 e. The molecule has 146 valence electrons. The van der Waals surface area contributed by atoms with Crippen molar-refractivity contribution in [2.45, 2.75) is 39.2 Å². The third-order valence-corrected chi connectivity index (χ3v) is 5.73. The Morgan fingerprint density at radius 1 is 1.33 bits per heavy atom. The number of likely N-dealkylation sites (tertiary alicyclic amines) is 1. The van der Waals surface area contributed by atoms with E-state index in [4.69, 9.17) is 16.3 Å². The Morgan fingerprint density at radius 3 is 2.70 bits per heavy atom. The van der Waals surface area contributed by atoms with Crippen LogP contribution in [-0.4, -0.2) is 50.5 Å². The van der Waals surface area contributed by atoms with Gasteiger partial charge in [0.05, 0.1) is 11.2 Å². The highest BCUT2D eigenvalue weighted by molar-refractivity contribution is 8.14. The number of pyridine rings is 1. The van der Waals surface area contributed by atoms with Crippen molar-refractivity contribution in [1.29, 1.82) is 0 Å². The summed E-state index contributed by atoms with van der Waals surface area (Å²) in [5.41, 5.74) is 0.894. The highest BCUT2D eigenvalue weighted by Gasteiger charge is 2.27. The van der Waals surface area contributed by atoms with E-state index in [2.05, 4.69) is 9.97 Å². The number of carbonyl (C=O) groups is 2. The first kappa shape index (κ1) is 20.0. The zero-order valence-corrected chi connectivity index (χ0v) is 17.3. The molecule has 1 saturated heterocycles. The van der Waals surface area contributed by atoms with Crippen molar-refractivity contribution in [3.63, 3.8) is 0 Å². The van der Waals surface area contributed by atoms with Gasteiger partial charge in [0.2, 0.25) is 5.12 Å². The molecule has 6 nitrogen and oxygen atoms in total. The fourth-order valence-corrected chi connectivity index (χ4v) is 4.13. The number of carbonyl (C=O) groups excluding carboxylic acids is 2. The van der Waals surface area contributed by atoms with Gasteiger partial charge in [0.25, 0.3) is 0 Å². The molecule has 0 atom stereocenters. The van der Waals surface area contributed by atoms with Crippen molar-refractivity contribution in [3.05, 3.63) is 29.2 Å². The molecular formula is C19H24ClN3O3S. The monoisotopic (exact) mass is 409 g/mol. The number of H-pyrrole nitrogens is 1. The minimum atomic E-state index is -0.477. The van der Waals surface area contributed by atoms with E-state index in [9.17, 15) is 9.59 Å². The quantitative estimate of drug-likeness (QED) is 0.741. The summed E-state index contributed by atoms with van der Waals surface area (Å²) in [4.78, 5) is 33.5. The van der Waals surface area contributed by atoms with Crippen molar-refractivity contribution in [1.82, 2.24) is 14.9 Å². The molecule has 3 heterocycles. The Bertz CT molecular complexity index is 838. The predicted octanol–water partition coefficient (Wildman–Crippen LogP) is 4.74. The van der Waals surface area contributed by atoms with Crippen molar-refractivity contribution in [2.24, 2.45) is 5.92 Å². The van der Waals surface area contributed by atoms with Gasteiger partial charge >= 0.3 is 6.09 Å². The van der Waals surface area contributed by atoms with Gasteiger partial charge in [0, 0.05) is 30.4 Å². The molecular weight excluding hydrogens is 386 g/mol. The van der Waals surface area contributed by atoms with Gasteiger partial charge in [-0.15, -0.1) is 0 Å². The number of fused-ring (bicyclic) bond motifs is 1. The summed E-state index contributed by atoms with van der Waals surface area (Å²) >= 11 is 7.20. The number of hydrogen-bond donors (Lipinski definition) is 1. The van der Waals surface area contributed by atoms with E-state index in [-0.39, 0.29) is 11.2 Å². The lowest BCUT2D eigenvalue weighted by Crippen LogP contribution is -2.42. The minimum Gasteiger partial charge on any atom is -0.444 e. The smallest absolute Gasteiger partial charge is 0.410 e. The van der Waals surface area contributed by atoms with Crippen molar-refractivity contribution in [3.8, 4) is 0 Å². The Kier molecular flexibility index (Phi) is 6.01. The Balaban J connectivity index is 1.48. The minimum absolute atomic E-state index is 0.0110. The molecule has 1 aliphatic rings. The molecule has 2 aromatic rings. The Morgan fingerprint density at radius 2 is 2.04 bits per heavy atom. The highest BCUT2D eigenvalue weighted by Crippen LogP contribution is 2.26. The normalized spacial score (nSPS) is 15.9. The van der Waals surface area contributed by atoms with Crippen molar-refractivity contribution >= 4 is 45.5 Å². The summed E-state index contributed by atoms with van der Waals surface area (Å²) in [5.74, 6) is 1.16. The van der Waals surface area contributed by atoms with E-state index in [1.165, 1.54) is 11.8 Å². The lowest BCUT2D eigenvalue weighted by molar-refractivity contribution is 0.0191. The summed E-state index contributed by atoms with van der Waals surface area (Å²) in [6.45, 7) is 6.95. The fourth-order valence-electron chi connectivity index (χ4n) is 2.99. The molecule has 1 fully saturated rings. The molecule has 8 heteroatoms. The number of halogens is 1. The number of thioether (sulfide) groups is 1. The van der Waals surface area contributed by atoms with Crippen LogP contribution in [0.3, 0.4) is 0 Å². The predicted molar refractivity (Wildman–Crippen MR) is 108 cm³/mol. The van der Waals surface area contributed by atoms with Crippen molar-refractivity contribution in [2.75, 3.05) is 18.8 Å². The second-order valence-corrected chi connectivity index (χ2v) is 9.17. The van der Waals surface area contributed by atoms with Gasteiger partial charge in [0.15, 0.2) is 0 Å². The number of amides is 1. The third-order valence-electron chi connectivity index (χ3n) is 4.41. The molecule has 0 saturated carbocycles. The van der Waals surface area contributed by atoms with Crippen LogP contribution in [0, 0.1) is 5.92 Å². The van der Waals surface area contributed by atoms with Gasteiger partial charge in [-0.2, -0.15) is 0 Å². The molecule has 0 aromatic carbocycles. The second-order valence-electron chi connectivity index (χ2n) is 7.79. The Hall–Kier alpha value is -1.73. The zero-order valence-electron chi connectivity index (χ0n) is 15.8. The summed E-state index contributed by atoms with van der Waals surface area (Å²) in [5, 5.41) is 1.28. The zero-order chi connectivity index (χ0) is 19.6. The van der Waals surface area contributed by atoms with Crippen molar-refractivity contribution < 1.29 is 14.3 Å². The van der Waals surface area contributed by atoms with Crippen LogP contribution in [0.4, 0.5) is 4.79 Å². The van der Waals surface area contributed by atoms with E-state index < -0.39 is 5.60 Å². The van der Waals surface area contributed by atoms with Gasteiger partial charge in [-0.25, -0.2) is 9.78 Å². The van der Waals surface area contributed by atoms with E-state index in [0.717, 1.165) is 29.5 Å². The molecule has 0 radical (unpaired) electrons. The number of ether oxygens (including phenoxy) is 1. The molecule has 27 heavy (non-hydrogen) atoms. The van der Waals surface area contributed by atoms with Gasteiger partial charge in [-0.05, 0) is 51.7 Å². The molecule has 1 N–H and O–H groups in total. The first-order chi connectivity index (χ1) is 12.7. The molecule has 1 amide bonds. The van der Waals surface area contributed by atoms with E-state index in [1.54, 1.807) is 23.2 Å². The summed E-state index contributed by atoms with van der Waals surface area (Å²) in [7, 11) is 0. The Labute approximate surface area is 168 Å². The highest BCUT2D eigenvalue weighted by atomic mass is 35.5. The van der Waals surface area contributed by atoms with E-state index in [0.29, 0.717) is 29.9 Å². The van der Waals surface area contributed by atoms with E-state index in [1.807, 2.05) is 20.8 Å². The average molecular weight is 410 g/mol. The average Bonchev–Trinajstić information content (AvgIpc) is 3.01. The number of aromatic nitrogens is 2. The van der Waals surface area contributed by atoms with Crippen LogP contribution < -0.4 is 0 Å². The van der Waals surface area contributed by atoms with Gasteiger partial charge in [0.1, 0.15) is 10.8 Å². The maximum absolute atomic E-state index is 12.5. The SMILES string of the molecule is CC(C)(C)OC(=O)N1CCC(CSC(=O)c2cc3cnc(Cl)cc3[nH]2)CC1. The number of aromatic amines is 1. The maximum atomic E-state index is 12.5. The first-order valence-corrected chi connectivity index (χ1v) is 10.4. The largest absolute Gasteiger partial charge is 0.444 e. The number of hydrogen-bond acceptors (Lipinski definition) is 5. The molecule has 2 aromatic heterocycles. The molecule has 0 bridgehead atoms. The summed E-state index contributed by atoms with van der Waals surface area (Å²) in [6.07, 6.45) is 3.16. The van der Waals surface area contributed by atoms with Crippen LogP contribution >= 0.6 is 23.4 Å². The molecule has 0 aliphatic carbocycles. The van der Waals surface area contributed by atoms with Crippen LogP contribution in [0.2, 0.25) is 5.15 Å². The van der Waals surface area contributed by atoms with Crippen LogP contribution in [0.15, 0.2) is 18.3 Å². The third kappa shape index (κ3) is 5.39. The molecule has 0 spiro atoms. The molecule has 0 unspecified atom stereocenters. The number of nitrogens with zero attached hydrogens (tertiary/aromatic N) is 2. The second kappa shape index (κ2) is 8.10. The molecule has 1 aliphatic heterocycles. The number of nitrogens with one attached hydrogen (secondary N) is 1. The number of rotatable bonds is 3. The van der Waals surface area contributed by atoms with Crippen LogP contribution in [0.5, 0.6) is 0 Å². The fraction of sp³-hybridized carbons (Fsp3) is 0.526. The summed E-state index contributed by atoms with van der Waals surface area (Å²) < 4.78 is 5.41. The first-order valence-electron chi connectivity index (χ1n) is 9.00. The van der Waals surface area contributed by atoms with Crippen LogP contribution in [-0.2, 0) is 4.74 Å². The summed E-state index contributed by atoms with van der Waals surface area (Å²) in [6, 6.07) is 3.52. The van der Waals surface area contributed by atoms with Gasteiger partial charge in [-0.3, -0.25) is 4.79 Å². The van der Waals surface area contributed by atoms with Crippen LogP contribution in [0.1, 0.15) is 44.1 Å². The lowest BCUT2D eigenvalue weighted by atomic mass is 9.99. The standard InChI is InChI=1S/C19H24ClN3O3S/c1-19(2,3)26-18(25)23-6-4-12(5-7-23)11-27-17(24)15-8-13-10-21-16(20)9-14(13)22-15/h8-10,12,22H,4-7,11H2,1-3H3. The lowest BCUT2D eigenvalue weighted by Gasteiger charge is -2.33. The van der Waals surface area contributed by atoms with Crippen LogP contribution in [0.25, 0.3) is 10.9 Å². The van der Waals surface area contributed by atoms with Gasteiger partial charge < -0.3 is 14.6 Å². The van der Waals surface area contributed by atoms with E-state index >= 15 is 0 Å². The molecule has 3 rings (SSSR count). The van der Waals surface area contributed by atoms with Gasteiger partial charge in [-0.1, -0.05) is 23.4 Å².